The lowest BCUT2D eigenvalue weighted by Gasteiger charge is -2.08. The average Bonchev–Trinajstić information content (AvgIpc) is 2.64. The molecule has 6 heteroatoms. The minimum atomic E-state index is -0.460. The molecule has 2 aromatic heterocycles. The number of phenolic OH excluding ortho intramolecular Hbond substituents is 2. The monoisotopic (exact) mass is 344 g/mol. The molecule has 126 valence electrons. The van der Waals surface area contributed by atoms with Crippen LogP contribution >= 0.6 is 0 Å². The van der Waals surface area contributed by atoms with Crippen LogP contribution < -0.4 is 10.9 Å². The van der Waals surface area contributed by atoms with Gasteiger partial charge in [0, 0.05) is 21.7 Å². The predicted molar refractivity (Wildman–Crippen MR) is 101 cm³/mol. The minimum Gasteiger partial charge on any atom is -0.504 e. The highest BCUT2D eigenvalue weighted by molar-refractivity contribution is 6.03. The van der Waals surface area contributed by atoms with E-state index in [2.05, 4.69) is 9.97 Å². The van der Waals surface area contributed by atoms with Crippen LogP contribution in [-0.4, -0.2) is 20.2 Å². The first kappa shape index (κ1) is 14.5. The number of H-pyrrole nitrogens is 2. The van der Waals surface area contributed by atoms with Gasteiger partial charge in [0.15, 0.2) is 16.9 Å². The summed E-state index contributed by atoms with van der Waals surface area (Å²) in [5.41, 5.74) is 1.55. The first-order valence-electron chi connectivity index (χ1n) is 8.00. The fourth-order valence-corrected chi connectivity index (χ4v) is 3.46. The van der Waals surface area contributed by atoms with Gasteiger partial charge in [-0.1, -0.05) is 12.1 Å². The number of fused-ring (bicyclic) bond motifs is 4. The molecule has 26 heavy (non-hydrogen) atoms. The molecule has 0 aliphatic heterocycles. The molecule has 5 aromatic rings. The number of aromatic hydroxyl groups is 2. The minimum absolute atomic E-state index is 0.0139. The van der Waals surface area contributed by atoms with E-state index >= 15 is 0 Å². The van der Waals surface area contributed by atoms with Crippen molar-refractivity contribution in [1.82, 2.24) is 9.97 Å². The zero-order valence-corrected chi connectivity index (χ0v) is 13.3. The quantitative estimate of drug-likeness (QED) is 0.256. The number of phenols is 2. The maximum Gasteiger partial charge on any atom is 0.201 e. The van der Waals surface area contributed by atoms with Gasteiger partial charge in [-0.2, -0.15) is 0 Å². The second-order valence-electron chi connectivity index (χ2n) is 6.25. The molecule has 2 heterocycles. The second-order valence-corrected chi connectivity index (χ2v) is 6.25. The van der Waals surface area contributed by atoms with E-state index in [-0.39, 0.29) is 16.6 Å². The highest BCUT2D eigenvalue weighted by Gasteiger charge is 2.14. The van der Waals surface area contributed by atoms with E-state index in [4.69, 9.17) is 0 Å². The summed E-state index contributed by atoms with van der Waals surface area (Å²) in [7, 11) is 0. The van der Waals surface area contributed by atoms with Crippen LogP contribution in [0, 0.1) is 0 Å². The van der Waals surface area contributed by atoms with Crippen molar-refractivity contribution in [3.05, 3.63) is 69.0 Å². The summed E-state index contributed by atoms with van der Waals surface area (Å²) in [4.78, 5) is 31.9. The van der Waals surface area contributed by atoms with Gasteiger partial charge in [-0.25, -0.2) is 0 Å². The van der Waals surface area contributed by atoms with Gasteiger partial charge in [0.1, 0.15) is 0 Å². The summed E-state index contributed by atoms with van der Waals surface area (Å²) in [6.07, 6.45) is 0. The first-order chi connectivity index (χ1) is 12.5. The van der Waals surface area contributed by atoms with Gasteiger partial charge < -0.3 is 20.2 Å². The zero-order chi connectivity index (χ0) is 18.0. The number of rotatable bonds is 0. The van der Waals surface area contributed by atoms with Gasteiger partial charge in [0.2, 0.25) is 5.43 Å². The number of benzene rings is 3. The van der Waals surface area contributed by atoms with Crippen LogP contribution in [0.3, 0.4) is 0 Å². The van der Waals surface area contributed by atoms with Crippen molar-refractivity contribution < 1.29 is 10.2 Å². The van der Waals surface area contributed by atoms with Gasteiger partial charge in [-0.05, 0) is 36.4 Å². The number of aromatic nitrogens is 2. The third kappa shape index (κ3) is 1.81. The molecule has 0 spiro atoms. The molecule has 3 aromatic carbocycles. The third-order valence-electron chi connectivity index (χ3n) is 4.74. The largest absolute Gasteiger partial charge is 0.504 e. The summed E-state index contributed by atoms with van der Waals surface area (Å²) in [6, 6.07) is 13.2. The Hall–Kier alpha value is -3.80. The summed E-state index contributed by atoms with van der Waals surface area (Å²) >= 11 is 0. The number of para-hydroxylation sites is 1. The van der Waals surface area contributed by atoms with Crippen LogP contribution in [0.25, 0.3) is 43.6 Å². The molecule has 0 fully saturated rings. The first-order valence-corrected chi connectivity index (χ1v) is 8.00. The number of hydrogen-bond acceptors (Lipinski definition) is 4. The topological polar surface area (TPSA) is 106 Å². The molecule has 0 saturated heterocycles. The van der Waals surface area contributed by atoms with Crippen molar-refractivity contribution >= 4 is 43.6 Å². The summed E-state index contributed by atoms with van der Waals surface area (Å²) in [5.74, 6) is -0.819. The Labute approximate surface area is 145 Å². The maximum absolute atomic E-state index is 12.9. The number of nitrogens with one attached hydrogen (secondary N) is 2. The van der Waals surface area contributed by atoms with Crippen molar-refractivity contribution in [3.63, 3.8) is 0 Å². The molecule has 0 aliphatic rings. The standard InChI is InChI=1S/C20H12N2O4/c23-16-6-5-13-17(20(16)26)19(25)11-8-14-10(7-15(11)22-13)18(24)9-3-1-2-4-12(9)21-14/h1-8,23,26H,(H,21,24)(H,22,25). The van der Waals surface area contributed by atoms with Crippen LogP contribution in [0.2, 0.25) is 0 Å². The second kappa shape index (κ2) is 4.86. The van der Waals surface area contributed by atoms with Crippen LogP contribution in [-0.2, 0) is 0 Å². The fourth-order valence-electron chi connectivity index (χ4n) is 3.46. The maximum atomic E-state index is 12.9. The van der Waals surface area contributed by atoms with Gasteiger partial charge in [-0.15, -0.1) is 0 Å². The molecule has 6 nitrogen and oxygen atoms in total. The van der Waals surface area contributed by atoms with E-state index in [0.29, 0.717) is 38.2 Å². The lowest BCUT2D eigenvalue weighted by molar-refractivity contribution is 0.408. The third-order valence-corrected chi connectivity index (χ3v) is 4.74. The van der Waals surface area contributed by atoms with E-state index in [9.17, 15) is 19.8 Å². The molecule has 0 bridgehead atoms. The molecule has 0 atom stereocenters. The Morgan fingerprint density at radius 2 is 1.31 bits per heavy atom. The molecule has 0 radical (unpaired) electrons. The molecule has 0 aliphatic carbocycles. The lowest BCUT2D eigenvalue weighted by atomic mass is 10.0. The number of hydrogen-bond donors (Lipinski definition) is 4. The van der Waals surface area contributed by atoms with Crippen molar-refractivity contribution in [2.45, 2.75) is 0 Å². The summed E-state index contributed by atoms with van der Waals surface area (Å²) in [5, 5.41) is 21.1. The summed E-state index contributed by atoms with van der Waals surface area (Å²) < 4.78 is 0. The Kier molecular flexibility index (Phi) is 2.72. The molecule has 5 rings (SSSR count). The van der Waals surface area contributed by atoms with Gasteiger partial charge in [0.05, 0.1) is 21.9 Å². The summed E-state index contributed by atoms with van der Waals surface area (Å²) in [6.45, 7) is 0. The average molecular weight is 344 g/mol. The van der Waals surface area contributed by atoms with Crippen LogP contribution in [0.15, 0.2) is 58.1 Å². The van der Waals surface area contributed by atoms with E-state index < -0.39 is 11.2 Å². The van der Waals surface area contributed by atoms with Crippen molar-refractivity contribution in [3.8, 4) is 11.5 Å². The Morgan fingerprint density at radius 1 is 0.654 bits per heavy atom. The molecule has 0 unspecified atom stereocenters. The zero-order valence-electron chi connectivity index (χ0n) is 13.3. The molecular weight excluding hydrogens is 332 g/mol. The Morgan fingerprint density at radius 3 is 2.08 bits per heavy atom. The van der Waals surface area contributed by atoms with Crippen LogP contribution in [0.1, 0.15) is 0 Å². The van der Waals surface area contributed by atoms with Crippen LogP contribution in [0.4, 0.5) is 0 Å². The Bertz CT molecular complexity index is 1500. The smallest absolute Gasteiger partial charge is 0.201 e. The SMILES string of the molecule is O=c1c2ccccc2[nH]c2cc3c(=O)c4c(O)c(O)ccc4[nH]c3cc12. The van der Waals surface area contributed by atoms with Gasteiger partial charge in [-0.3, -0.25) is 9.59 Å². The number of pyridine rings is 2. The van der Waals surface area contributed by atoms with E-state index in [0.717, 1.165) is 0 Å². The normalized spacial score (nSPS) is 11.7. The fraction of sp³-hybridized carbons (Fsp3) is 0. The molecular formula is C20H12N2O4. The van der Waals surface area contributed by atoms with E-state index in [1.54, 1.807) is 30.3 Å². The highest BCUT2D eigenvalue weighted by atomic mass is 16.3. The van der Waals surface area contributed by atoms with Gasteiger partial charge >= 0.3 is 0 Å². The van der Waals surface area contributed by atoms with Crippen molar-refractivity contribution in [2.24, 2.45) is 0 Å². The van der Waals surface area contributed by atoms with Crippen molar-refractivity contribution in [2.75, 3.05) is 0 Å². The molecule has 4 N–H and O–H groups in total. The Balaban J connectivity index is 2.03. The lowest BCUT2D eigenvalue weighted by Crippen LogP contribution is -2.08. The predicted octanol–water partition coefficient (Wildman–Crippen LogP) is 3.09. The number of aromatic amines is 2. The van der Waals surface area contributed by atoms with Crippen molar-refractivity contribution in [1.29, 1.82) is 0 Å². The van der Waals surface area contributed by atoms with Crippen LogP contribution in [0.5, 0.6) is 11.5 Å². The molecule has 0 amide bonds. The molecule has 0 saturated carbocycles. The van der Waals surface area contributed by atoms with E-state index in [1.807, 2.05) is 6.07 Å². The van der Waals surface area contributed by atoms with Gasteiger partial charge in [0.25, 0.3) is 0 Å². The highest BCUT2D eigenvalue weighted by Crippen LogP contribution is 2.32. The van der Waals surface area contributed by atoms with E-state index in [1.165, 1.54) is 12.1 Å².